The van der Waals surface area contributed by atoms with Crippen molar-refractivity contribution in [3.8, 4) is 0 Å². The van der Waals surface area contributed by atoms with Crippen molar-refractivity contribution in [2.24, 2.45) is 5.73 Å². The first-order valence-corrected chi connectivity index (χ1v) is 7.68. The highest BCUT2D eigenvalue weighted by Crippen LogP contribution is 2.21. The molecule has 0 aliphatic carbocycles. The smallest absolute Gasteiger partial charge is 0.251 e. The topological polar surface area (TPSA) is 55.1 Å². The molecule has 0 spiro atoms. The minimum absolute atomic E-state index is 0. The zero-order valence-corrected chi connectivity index (χ0v) is 14.7. The molecule has 3 nitrogen and oxygen atoms in total. The Hall–Kier alpha value is -1.84. The van der Waals surface area contributed by atoms with Gasteiger partial charge in [-0.3, -0.25) is 4.79 Å². The minimum atomic E-state index is -0.197. The summed E-state index contributed by atoms with van der Waals surface area (Å²) >= 11 is 0. The van der Waals surface area contributed by atoms with Crippen molar-refractivity contribution in [1.29, 1.82) is 0 Å². The van der Waals surface area contributed by atoms with Crippen molar-refractivity contribution in [2.45, 2.75) is 32.7 Å². The SMILES string of the molecule is Cc1ccc(C(C)C)c(C(=O)NC[C@@H](N)c2ccccc2)c1.Cl. The number of nitrogens with one attached hydrogen (secondary N) is 1. The predicted molar refractivity (Wildman–Crippen MR) is 98.2 cm³/mol. The van der Waals surface area contributed by atoms with Crippen LogP contribution in [0.5, 0.6) is 0 Å². The van der Waals surface area contributed by atoms with Crippen LogP contribution in [0.15, 0.2) is 48.5 Å². The zero-order chi connectivity index (χ0) is 16.1. The lowest BCUT2D eigenvalue weighted by atomic mass is 9.95. The third kappa shape index (κ3) is 5.08. The molecule has 0 fully saturated rings. The highest BCUT2D eigenvalue weighted by atomic mass is 35.5. The maximum Gasteiger partial charge on any atom is 0.251 e. The minimum Gasteiger partial charge on any atom is -0.350 e. The van der Waals surface area contributed by atoms with E-state index in [1.165, 1.54) is 0 Å². The van der Waals surface area contributed by atoms with Crippen LogP contribution < -0.4 is 11.1 Å². The van der Waals surface area contributed by atoms with Crippen LogP contribution in [0.4, 0.5) is 0 Å². The molecule has 0 aliphatic heterocycles. The van der Waals surface area contributed by atoms with Gasteiger partial charge >= 0.3 is 0 Å². The molecule has 4 heteroatoms. The summed E-state index contributed by atoms with van der Waals surface area (Å²) in [5, 5.41) is 2.96. The number of aryl methyl sites for hydroxylation is 1. The summed E-state index contributed by atoms with van der Waals surface area (Å²) in [6.07, 6.45) is 0. The van der Waals surface area contributed by atoms with Crippen molar-refractivity contribution in [3.05, 3.63) is 70.8 Å². The summed E-state index contributed by atoms with van der Waals surface area (Å²) in [5.41, 5.74) is 10.1. The first-order valence-electron chi connectivity index (χ1n) is 7.68. The molecular formula is C19H25ClN2O. The molecule has 0 aromatic heterocycles. The Morgan fingerprint density at radius 2 is 1.78 bits per heavy atom. The Balaban J connectivity index is 0.00000264. The van der Waals surface area contributed by atoms with Crippen molar-refractivity contribution in [2.75, 3.05) is 6.54 Å². The molecule has 0 unspecified atom stereocenters. The fourth-order valence-corrected chi connectivity index (χ4v) is 2.49. The van der Waals surface area contributed by atoms with Gasteiger partial charge in [-0.1, -0.05) is 61.9 Å². The van der Waals surface area contributed by atoms with E-state index in [0.717, 1.165) is 22.3 Å². The van der Waals surface area contributed by atoms with E-state index in [4.69, 9.17) is 5.73 Å². The number of halogens is 1. The third-order valence-corrected chi connectivity index (χ3v) is 3.79. The van der Waals surface area contributed by atoms with Gasteiger partial charge in [0.2, 0.25) is 0 Å². The largest absolute Gasteiger partial charge is 0.350 e. The Morgan fingerprint density at radius 3 is 2.39 bits per heavy atom. The Labute approximate surface area is 144 Å². The lowest BCUT2D eigenvalue weighted by Gasteiger charge is -2.16. The van der Waals surface area contributed by atoms with Gasteiger partial charge in [0.15, 0.2) is 0 Å². The van der Waals surface area contributed by atoms with Gasteiger partial charge in [-0.25, -0.2) is 0 Å². The summed E-state index contributed by atoms with van der Waals surface area (Å²) in [6, 6.07) is 15.6. The van der Waals surface area contributed by atoms with Gasteiger partial charge in [-0.05, 0) is 30.0 Å². The lowest BCUT2D eigenvalue weighted by Crippen LogP contribution is -2.32. The molecule has 0 heterocycles. The number of carbonyl (C=O) groups excluding carboxylic acids is 1. The van der Waals surface area contributed by atoms with Crippen molar-refractivity contribution in [1.82, 2.24) is 5.32 Å². The van der Waals surface area contributed by atoms with E-state index in [1.54, 1.807) is 0 Å². The monoisotopic (exact) mass is 332 g/mol. The van der Waals surface area contributed by atoms with Crippen LogP contribution in [-0.4, -0.2) is 12.5 Å². The van der Waals surface area contributed by atoms with Crippen LogP contribution in [0, 0.1) is 6.92 Å². The fraction of sp³-hybridized carbons (Fsp3) is 0.316. The van der Waals surface area contributed by atoms with E-state index in [9.17, 15) is 4.79 Å². The summed E-state index contributed by atoms with van der Waals surface area (Å²) < 4.78 is 0. The quantitative estimate of drug-likeness (QED) is 0.870. The molecule has 3 N–H and O–H groups in total. The van der Waals surface area contributed by atoms with Crippen LogP contribution in [0.3, 0.4) is 0 Å². The molecule has 1 atom stereocenters. The first-order chi connectivity index (χ1) is 10.5. The maximum atomic E-state index is 12.5. The number of nitrogens with two attached hydrogens (primary N) is 1. The summed E-state index contributed by atoms with van der Waals surface area (Å²) in [6.45, 7) is 6.61. The second kappa shape index (κ2) is 8.70. The van der Waals surface area contributed by atoms with Gasteiger partial charge in [0.1, 0.15) is 0 Å². The van der Waals surface area contributed by atoms with Crippen LogP contribution in [0.1, 0.15) is 52.9 Å². The van der Waals surface area contributed by atoms with E-state index in [-0.39, 0.29) is 24.4 Å². The molecule has 0 radical (unpaired) electrons. The normalized spacial score (nSPS) is 11.7. The molecule has 2 aromatic carbocycles. The number of hydrogen-bond donors (Lipinski definition) is 2. The van der Waals surface area contributed by atoms with Crippen molar-refractivity contribution >= 4 is 18.3 Å². The number of hydrogen-bond acceptors (Lipinski definition) is 2. The van der Waals surface area contributed by atoms with Crippen molar-refractivity contribution < 1.29 is 4.79 Å². The third-order valence-electron chi connectivity index (χ3n) is 3.79. The average molecular weight is 333 g/mol. The Morgan fingerprint density at radius 1 is 1.13 bits per heavy atom. The van der Waals surface area contributed by atoms with Gasteiger partial charge in [0.25, 0.3) is 5.91 Å². The average Bonchev–Trinajstić information content (AvgIpc) is 2.52. The second-order valence-electron chi connectivity index (χ2n) is 5.97. The van der Waals surface area contributed by atoms with E-state index < -0.39 is 0 Å². The maximum absolute atomic E-state index is 12.5. The highest BCUT2D eigenvalue weighted by molar-refractivity contribution is 5.96. The van der Waals surface area contributed by atoms with Gasteiger partial charge in [-0.2, -0.15) is 0 Å². The molecule has 2 aromatic rings. The van der Waals surface area contributed by atoms with Gasteiger partial charge in [0, 0.05) is 18.2 Å². The van der Waals surface area contributed by atoms with Crippen LogP contribution in [0.2, 0.25) is 0 Å². The molecule has 2 rings (SSSR count). The molecule has 124 valence electrons. The molecule has 0 saturated carbocycles. The van der Waals surface area contributed by atoms with Gasteiger partial charge in [0.05, 0.1) is 0 Å². The molecule has 1 amide bonds. The van der Waals surface area contributed by atoms with Crippen molar-refractivity contribution in [3.63, 3.8) is 0 Å². The molecule has 0 bridgehead atoms. The van der Waals surface area contributed by atoms with E-state index >= 15 is 0 Å². The number of amides is 1. The number of benzene rings is 2. The van der Waals surface area contributed by atoms with E-state index in [1.807, 2.05) is 55.5 Å². The summed E-state index contributed by atoms with van der Waals surface area (Å²) in [4.78, 5) is 12.5. The van der Waals surface area contributed by atoms with Crippen LogP contribution in [0.25, 0.3) is 0 Å². The zero-order valence-electron chi connectivity index (χ0n) is 13.9. The number of carbonyl (C=O) groups is 1. The predicted octanol–water partition coefficient (Wildman–Crippen LogP) is 3.97. The molecule has 23 heavy (non-hydrogen) atoms. The molecule has 0 aliphatic rings. The van der Waals surface area contributed by atoms with E-state index in [0.29, 0.717) is 12.5 Å². The highest BCUT2D eigenvalue weighted by Gasteiger charge is 2.15. The molecular weight excluding hydrogens is 308 g/mol. The standard InChI is InChI=1S/C19H24N2O.ClH/c1-13(2)16-10-9-14(3)11-17(16)19(22)21-12-18(20)15-7-5-4-6-8-15;/h4-11,13,18H,12,20H2,1-3H3,(H,21,22);1H/t18-;/m1./s1. The lowest BCUT2D eigenvalue weighted by molar-refractivity contribution is 0.0950. The first kappa shape index (κ1) is 19.2. The Kier molecular flexibility index (Phi) is 7.27. The second-order valence-corrected chi connectivity index (χ2v) is 5.97. The van der Waals surface area contributed by atoms with Gasteiger partial charge in [-0.15, -0.1) is 12.4 Å². The van der Waals surface area contributed by atoms with E-state index in [2.05, 4.69) is 19.2 Å². The summed E-state index contributed by atoms with van der Waals surface area (Å²) in [5.74, 6) is 0.253. The number of rotatable bonds is 5. The fourth-order valence-electron chi connectivity index (χ4n) is 2.49. The van der Waals surface area contributed by atoms with Gasteiger partial charge < -0.3 is 11.1 Å². The Bertz CT molecular complexity index is 641. The van der Waals surface area contributed by atoms with Crippen LogP contribution >= 0.6 is 12.4 Å². The summed E-state index contributed by atoms with van der Waals surface area (Å²) in [7, 11) is 0. The van der Waals surface area contributed by atoms with Crippen LogP contribution in [-0.2, 0) is 0 Å². The molecule has 0 saturated heterocycles.